The highest BCUT2D eigenvalue weighted by Gasteiger charge is 2.19. The minimum absolute atomic E-state index is 0.120. The van der Waals surface area contributed by atoms with Crippen LogP contribution in [0.3, 0.4) is 0 Å². The van der Waals surface area contributed by atoms with Crippen molar-refractivity contribution in [3.63, 3.8) is 0 Å². The lowest BCUT2D eigenvalue weighted by molar-refractivity contribution is -0.167. The third-order valence-electron chi connectivity index (χ3n) is 13.1. The highest BCUT2D eigenvalue weighted by atomic mass is 16.6. The van der Waals surface area contributed by atoms with Crippen LogP contribution in [0.15, 0.2) is 194 Å². The molecule has 0 aromatic carbocycles. The smallest absolute Gasteiger partial charge is 0.306 e. The van der Waals surface area contributed by atoms with Crippen LogP contribution in [-0.4, -0.2) is 37.2 Å². The van der Waals surface area contributed by atoms with Gasteiger partial charge in [-0.15, -0.1) is 0 Å². The molecule has 0 amide bonds. The van der Waals surface area contributed by atoms with E-state index in [1.165, 1.54) is 38.5 Å². The van der Waals surface area contributed by atoms with E-state index in [1.807, 2.05) is 0 Å². The molecule has 462 valence electrons. The van der Waals surface area contributed by atoms with Crippen molar-refractivity contribution in [2.45, 2.75) is 258 Å². The minimum atomic E-state index is -0.831. The number of esters is 3. The van der Waals surface area contributed by atoms with Crippen LogP contribution in [0.25, 0.3) is 0 Å². The van der Waals surface area contributed by atoms with Gasteiger partial charge in [-0.2, -0.15) is 0 Å². The molecule has 0 heterocycles. The van der Waals surface area contributed by atoms with Gasteiger partial charge in [0.1, 0.15) is 13.2 Å². The standard InChI is InChI=1S/C77H118O6/c1-4-7-10-13-16-19-22-24-26-28-30-32-34-35-36-37-38-39-40-41-43-44-46-48-50-52-55-58-61-64-67-70-76(79)82-73-74(72-81-75(78)69-66-63-60-57-54-21-18-15-12-9-6-3)83-77(80)71-68-65-62-59-56-53-51-49-47-45-42-33-31-29-27-25-23-20-17-14-11-8-5-2/h7-8,10-11,15-20,24-27,30-33,35-36,38-39,41,43,45-48,51,53,59,62,74H,4-6,9,12-14,21-23,28-29,34,37,40,42,44,49-50,52,54-58,60-61,63-73H2,1-3H3/b10-7-,11-8-,18-15-,19-16-,20-17-,26-24-,27-25-,32-30-,33-31-,36-35-,39-38-,43-41-,47-45-,48-46-,53-51-,62-59-. The average molecular weight is 1140 g/mol. The molecule has 0 aliphatic heterocycles. The Kier molecular flexibility index (Phi) is 64.0. The molecule has 0 saturated carbocycles. The lowest BCUT2D eigenvalue weighted by atomic mass is 10.1. The molecule has 0 rings (SSSR count). The first kappa shape index (κ1) is 77.2. The van der Waals surface area contributed by atoms with E-state index < -0.39 is 6.10 Å². The van der Waals surface area contributed by atoms with Crippen LogP contribution in [-0.2, 0) is 28.6 Å². The largest absolute Gasteiger partial charge is 0.462 e. The topological polar surface area (TPSA) is 78.9 Å². The summed E-state index contributed by atoms with van der Waals surface area (Å²) in [5.74, 6) is -1.01. The number of hydrogen-bond acceptors (Lipinski definition) is 6. The molecule has 0 spiro atoms. The number of rotatable bonds is 57. The maximum Gasteiger partial charge on any atom is 0.306 e. The second kappa shape index (κ2) is 68.7. The van der Waals surface area contributed by atoms with Gasteiger partial charge in [-0.1, -0.05) is 273 Å². The molecule has 83 heavy (non-hydrogen) atoms. The Bertz CT molecular complexity index is 1990. The van der Waals surface area contributed by atoms with Gasteiger partial charge in [-0.25, -0.2) is 0 Å². The fraction of sp³-hybridized carbons (Fsp3) is 0.545. The van der Waals surface area contributed by atoms with E-state index in [-0.39, 0.29) is 37.5 Å². The molecule has 0 radical (unpaired) electrons. The zero-order chi connectivity index (χ0) is 59.9. The normalized spacial score (nSPS) is 13.4. The van der Waals surface area contributed by atoms with Gasteiger partial charge >= 0.3 is 17.9 Å². The summed E-state index contributed by atoms with van der Waals surface area (Å²) in [6, 6.07) is 0. The van der Waals surface area contributed by atoms with Crippen molar-refractivity contribution >= 4 is 17.9 Å². The molecule has 0 aliphatic carbocycles. The van der Waals surface area contributed by atoms with Gasteiger partial charge in [0, 0.05) is 19.3 Å². The predicted molar refractivity (Wildman–Crippen MR) is 361 cm³/mol. The summed E-state index contributed by atoms with van der Waals surface area (Å²) in [6.45, 7) is 6.29. The third-order valence-corrected chi connectivity index (χ3v) is 13.1. The number of carbonyl (C=O) groups excluding carboxylic acids is 3. The van der Waals surface area contributed by atoms with Crippen molar-refractivity contribution in [1.29, 1.82) is 0 Å². The van der Waals surface area contributed by atoms with Crippen molar-refractivity contribution in [2.75, 3.05) is 13.2 Å². The highest BCUT2D eigenvalue weighted by Crippen LogP contribution is 2.13. The maximum atomic E-state index is 12.9. The fourth-order valence-corrected chi connectivity index (χ4v) is 8.19. The lowest BCUT2D eigenvalue weighted by Crippen LogP contribution is -2.30. The summed E-state index contributed by atoms with van der Waals surface area (Å²) in [4.78, 5) is 38.3. The van der Waals surface area contributed by atoms with Gasteiger partial charge in [0.05, 0.1) is 0 Å². The summed E-state index contributed by atoms with van der Waals surface area (Å²) in [7, 11) is 0. The van der Waals surface area contributed by atoms with Gasteiger partial charge in [0.15, 0.2) is 6.10 Å². The Labute approximate surface area is 509 Å². The van der Waals surface area contributed by atoms with Crippen LogP contribution < -0.4 is 0 Å². The number of carbonyl (C=O) groups is 3. The maximum absolute atomic E-state index is 12.9. The average Bonchev–Trinajstić information content (AvgIpc) is 3.48. The van der Waals surface area contributed by atoms with Crippen LogP contribution in [0.5, 0.6) is 0 Å². The molecule has 0 saturated heterocycles. The van der Waals surface area contributed by atoms with E-state index in [4.69, 9.17) is 14.2 Å². The molecule has 0 aliphatic rings. The van der Waals surface area contributed by atoms with Gasteiger partial charge < -0.3 is 14.2 Å². The van der Waals surface area contributed by atoms with Gasteiger partial charge in [-0.05, 0) is 154 Å². The molecular formula is C77H118O6. The van der Waals surface area contributed by atoms with Crippen LogP contribution in [0.2, 0.25) is 0 Å². The van der Waals surface area contributed by atoms with Crippen LogP contribution in [0, 0.1) is 0 Å². The monoisotopic (exact) mass is 1140 g/mol. The summed E-state index contributed by atoms with van der Waals surface area (Å²) < 4.78 is 16.8. The van der Waals surface area contributed by atoms with Crippen LogP contribution >= 0.6 is 0 Å². The van der Waals surface area contributed by atoms with E-state index in [2.05, 4.69) is 215 Å². The Balaban J connectivity index is 4.44. The lowest BCUT2D eigenvalue weighted by Gasteiger charge is -2.18. The molecule has 0 aromatic heterocycles. The molecule has 1 unspecified atom stereocenters. The number of ether oxygens (including phenoxy) is 3. The summed E-state index contributed by atoms with van der Waals surface area (Å²) in [5.41, 5.74) is 0. The van der Waals surface area contributed by atoms with E-state index in [0.29, 0.717) is 19.3 Å². The van der Waals surface area contributed by atoms with Crippen molar-refractivity contribution in [3.05, 3.63) is 194 Å². The van der Waals surface area contributed by atoms with Crippen molar-refractivity contribution in [3.8, 4) is 0 Å². The van der Waals surface area contributed by atoms with Gasteiger partial charge in [-0.3, -0.25) is 14.4 Å². The van der Waals surface area contributed by atoms with Gasteiger partial charge in [0.25, 0.3) is 0 Å². The molecule has 1 atom stereocenters. The van der Waals surface area contributed by atoms with Crippen molar-refractivity contribution in [2.24, 2.45) is 0 Å². The van der Waals surface area contributed by atoms with E-state index >= 15 is 0 Å². The highest BCUT2D eigenvalue weighted by molar-refractivity contribution is 5.71. The minimum Gasteiger partial charge on any atom is -0.462 e. The Morgan fingerprint density at radius 2 is 0.482 bits per heavy atom. The molecule has 6 nitrogen and oxygen atoms in total. The van der Waals surface area contributed by atoms with Crippen molar-refractivity contribution in [1.82, 2.24) is 0 Å². The molecule has 0 N–H and O–H groups in total. The summed E-state index contributed by atoms with van der Waals surface area (Å²) in [5, 5.41) is 0. The van der Waals surface area contributed by atoms with Crippen molar-refractivity contribution < 1.29 is 28.6 Å². The Morgan fingerprint density at radius 3 is 0.783 bits per heavy atom. The SMILES string of the molecule is CC/C=C\C/C=C\C/C=C\C/C=C\C/C=C\C/C=C\C/C=C\C/C=C\CCCCCCCCC(=O)OCC(COC(=O)CCCCCCC/C=C\CCCC)OC(=O)CCC/C=C\C/C=C\C/C=C\C/C=C\C/C=C\C/C=C\C/C=C\CC. The molecular weight excluding hydrogens is 1020 g/mol. The first-order chi connectivity index (χ1) is 41.0. The second-order valence-electron chi connectivity index (χ2n) is 20.9. The predicted octanol–water partition coefficient (Wildman–Crippen LogP) is 23.0. The Morgan fingerprint density at radius 1 is 0.253 bits per heavy atom. The van der Waals surface area contributed by atoms with Crippen LogP contribution in [0.1, 0.15) is 252 Å². The zero-order valence-electron chi connectivity index (χ0n) is 52.9. The zero-order valence-corrected chi connectivity index (χ0v) is 52.9. The molecule has 0 fully saturated rings. The van der Waals surface area contributed by atoms with E-state index in [9.17, 15) is 14.4 Å². The first-order valence-electron chi connectivity index (χ1n) is 32.9. The summed E-state index contributed by atoms with van der Waals surface area (Å²) >= 11 is 0. The van der Waals surface area contributed by atoms with E-state index in [0.717, 1.165) is 167 Å². The number of hydrogen-bond donors (Lipinski definition) is 0. The quantitative estimate of drug-likeness (QED) is 0.0261. The molecule has 0 aromatic rings. The fourth-order valence-electron chi connectivity index (χ4n) is 8.19. The van der Waals surface area contributed by atoms with E-state index in [1.54, 1.807) is 0 Å². The number of unbranched alkanes of at least 4 members (excludes halogenated alkanes) is 14. The number of allylic oxidation sites excluding steroid dienone is 32. The van der Waals surface area contributed by atoms with Gasteiger partial charge in [0.2, 0.25) is 0 Å². The third kappa shape index (κ3) is 66.9. The molecule has 0 bridgehead atoms. The first-order valence-corrected chi connectivity index (χ1v) is 32.9. The van der Waals surface area contributed by atoms with Crippen LogP contribution in [0.4, 0.5) is 0 Å². The summed E-state index contributed by atoms with van der Waals surface area (Å²) in [6.07, 6.45) is 104. The molecule has 6 heteroatoms. The second-order valence-corrected chi connectivity index (χ2v) is 20.9. The Hall–Kier alpha value is -5.75.